The second-order valence-electron chi connectivity index (χ2n) is 4.45. The molecular formula is C15H10N2O4S2. The van der Waals surface area contributed by atoms with E-state index < -0.39 is 10.9 Å². The first-order valence-electron chi connectivity index (χ1n) is 6.55. The van der Waals surface area contributed by atoms with E-state index in [9.17, 15) is 14.9 Å². The van der Waals surface area contributed by atoms with Crippen LogP contribution in [0.25, 0.3) is 16.3 Å². The number of hydrogen-bond acceptors (Lipinski definition) is 7. The predicted molar refractivity (Wildman–Crippen MR) is 89.4 cm³/mol. The van der Waals surface area contributed by atoms with Gasteiger partial charge in [0.25, 0.3) is 0 Å². The molecule has 1 aromatic carbocycles. The Morgan fingerprint density at radius 1 is 1.26 bits per heavy atom. The molecule has 0 fully saturated rings. The van der Waals surface area contributed by atoms with Crippen LogP contribution in [0.4, 0.5) is 5.00 Å². The number of esters is 1. The third-order valence-electron chi connectivity index (χ3n) is 2.85. The summed E-state index contributed by atoms with van der Waals surface area (Å²) in [7, 11) is 0. The minimum atomic E-state index is -0.514. The largest absolute Gasteiger partial charge is 0.455 e. The van der Waals surface area contributed by atoms with Gasteiger partial charge in [-0.3, -0.25) is 10.1 Å². The molecular weight excluding hydrogens is 336 g/mol. The zero-order valence-electron chi connectivity index (χ0n) is 11.7. The molecule has 3 rings (SSSR count). The lowest BCUT2D eigenvalue weighted by Crippen LogP contribution is -2.00. The van der Waals surface area contributed by atoms with Crippen LogP contribution in [0, 0.1) is 10.1 Å². The summed E-state index contributed by atoms with van der Waals surface area (Å²) in [5, 5.41) is 11.3. The summed E-state index contributed by atoms with van der Waals surface area (Å²) in [4.78, 5) is 26.8. The lowest BCUT2D eigenvalue weighted by atomic mass is 10.3. The molecule has 0 amide bonds. The number of aromatic nitrogens is 1. The minimum absolute atomic E-state index is 0.0347. The van der Waals surface area contributed by atoms with Gasteiger partial charge in [0.15, 0.2) is 0 Å². The van der Waals surface area contributed by atoms with Crippen LogP contribution in [-0.4, -0.2) is 15.9 Å². The SMILES string of the molecule is O=C(C=Cc1ccc([N+](=O)[O-])s1)OCc1nc2ccccc2s1. The summed E-state index contributed by atoms with van der Waals surface area (Å²) < 4.78 is 6.17. The van der Waals surface area contributed by atoms with Crippen molar-refractivity contribution in [1.82, 2.24) is 4.98 Å². The molecule has 2 heterocycles. The monoisotopic (exact) mass is 346 g/mol. The number of thiophene rings is 1. The molecule has 116 valence electrons. The highest BCUT2D eigenvalue weighted by Crippen LogP contribution is 2.25. The van der Waals surface area contributed by atoms with Gasteiger partial charge in [0, 0.05) is 17.0 Å². The fourth-order valence-electron chi connectivity index (χ4n) is 1.84. The van der Waals surface area contributed by atoms with Crippen LogP contribution in [-0.2, 0) is 16.1 Å². The highest BCUT2D eigenvalue weighted by molar-refractivity contribution is 7.18. The molecule has 0 spiro atoms. The Bertz CT molecular complexity index is 865. The number of nitro groups is 1. The number of carbonyl (C=O) groups is 1. The molecule has 0 bridgehead atoms. The van der Waals surface area contributed by atoms with Crippen molar-refractivity contribution in [3.8, 4) is 0 Å². The van der Waals surface area contributed by atoms with Gasteiger partial charge < -0.3 is 4.74 Å². The van der Waals surface area contributed by atoms with E-state index in [4.69, 9.17) is 4.74 Å². The number of nitrogens with zero attached hydrogens (tertiary/aromatic N) is 2. The van der Waals surface area contributed by atoms with Crippen molar-refractivity contribution in [2.24, 2.45) is 0 Å². The van der Waals surface area contributed by atoms with Crippen LogP contribution in [0.15, 0.2) is 42.5 Å². The molecule has 2 aromatic heterocycles. The molecule has 0 saturated carbocycles. The summed E-state index contributed by atoms with van der Waals surface area (Å²) in [6.07, 6.45) is 2.75. The topological polar surface area (TPSA) is 82.3 Å². The summed E-state index contributed by atoms with van der Waals surface area (Å²) in [6, 6.07) is 10.7. The van der Waals surface area contributed by atoms with E-state index >= 15 is 0 Å². The fourth-order valence-corrected chi connectivity index (χ4v) is 3.45. The van der Waals surface area contributed by atoms with E-state index in [0.29, 0.717) is 4.88 Å². The lowest BCUT2D eigenvalue weighted by Gasteiger charge is -1.97. The maximum absolute atomic E-state index is 11.7. The van der Waals surface area contributed by atoms with Gasteiger partial charge in [-0.15, -0.1) is 11.3 Å². The maximum atomic E-state index is 11.7. The molecule has 8 heteroatoms. The van der Waals surface area contributed by atoms with Crippen molar-refractivity contribution in [3.63, 3.8) is 0 Å². The third-order valence-corrected chi connectivity index (χ3v) is 4.86. The van der Waals surface area contributed by atoms with Crippen molar-refractivity contribution in [3.05, 3.63) is 62.5 Å². The zero-order valence-corrected chi connectivity index (χ0v) is 13.3. The van der Waals surface area contributed by atoms with E-state index in [-0.39, 0.29) is 11.6 Å². The van der Waals surface area contributed by atoms with Gasteiger partial charge in [0.2, 0.25) is 0 Å². The molecule has 0 aliphatic heterocycles. The minimum Gasteiger partial charge on any atom is -0.455 e. The predicted octanol–water partition coefficient (Wildman–Crippen LogP) is 4.02. The normalized spacial score (nSPS) is 11.1. The van der Waals surface area contributed by atoms with Crippen LogP contribution in [0.2, 0.25) is 0 Å². The number of hydrogen-bond donors (Lipinski definition) is 0. The van der Waals surface area contributed by atoms with Gasteiger partial charge in [-0.2, -0.15) is 0 Å². The van der Waals surface area contributed by atoms with Gasteiger partial charge >= 0.3 is 11.0 Å². The average Bonchev–Trinajstić information content (AvgIpc) is 3.17. The Hall–Kier alpha value is -2.58. The van der Waals surface area contributed by atoms with E-state index in [1.54, 1.807) is 6.07 Å². The number of para-hydroxylation sites is 1. The molecule has 0 aliphatic rings. The number of rotatable bonds is 5. The molecule has 0 N–H and O–H groups in total. The second kappa shape index (κ2) is 6.67. The first kappa shape index (κ1) is 15.3. The quantitative estimate of drug-likeness (QED) is 0.301. The van der Waals surface area contributed by atoms with Crippen molar-refractivity contribution < 1.29 is 14.5 Å². The highest BCUT2D eigenvalue weighted by Gasteiger charge is 2.09. The van der Waals surface area contributed by atoms with E-state index in [0.717, 1.165) is 26.6 Å². The van der Waals surface area contributed by atoms with Crippen LogP contribution in [0.3, 0.4) is 0 Å². The van der Waals surface area contributed by atoms with Gasteiger partial charge in [-0.25, -0.2) is 9.78 Å². The van der Waals surface area contributed by atoms with Crippen LogP contribution < -0.4 is 0 Å². The Balaban J connectivity index is 1.58. The maximum Gasteiger partial charge on any atom is 0.331 e. The van der Waals surface area contributed by atoms with Gasteiger partial charge in [0.05, 0.1) is 15.1 Å². The molecule has 0 unspecified atom stereocenters. The Labute approximate surface area is 138 Å². The molecule has 23 heavy (non-hydrogen) atoms. The summed E-state index contributed by atoms with van der Waals surface area (Å²) in [5.41, 5.74) is 0.880. The first-order chi connectivity index (χ1) is 11.1. The summed E-state index contributed by atoms with van der Waals surface area (Å²) >= 11 is 2.47. The van der Waals surface area contributed by atoms with Crippen molar-refractivity contribution >= 4 is 49.9 Å². The average molecular weight is 346 g/mol. The van der Waals surface area contributed by atoms with Gasteiger partial charge in [-0.1, -0.05) is 23.5 Å². The molecule has 0 saturated heterocycles. The van der Waals surface area contributed by atoms with E-state index in [2.05, 4.69) is 4.98 Å². The molecule has 3 aromatic rings. The Morgan fingerprint density at radius 2 is 2.09 bits per heavy atom. The first-order valence-corrected chi connectivity index (χ1v) is 8.18. The molecule has 0 atom stereocenters. The lowest BCUT2D eigenvalue weighted by molar-refractivity contribution is -0.380. The standard InChI is InChI=1S/C15H10N2O4S2/c18-15(8-6-10-5-7-14(22-10)17(19)20)21-9-13-16-11-3-1-2-4-12(11)23-13/h1-8H,9H2. The van der Waals surface area contributed by atoms with Crippen LogP contribution in [0.5, 0.6) is 0 Å². The number of carbonyl (C=O) groups excluding carboxylic acids is 1. The number of fused-ring (bicyclic) bond motifs is 1. The number of thiazole rings is 1. The van der Waals surface area contributed by atoms with Gasteiger partial charge in [0.1, 0.15) is 11.6 Å². The summed E-state index contributed by atoms with van der Waals surface area (Å²) in [5.74, 6) is -0.514. The van der Waals surface area contributed by atoms with Gasteiger partial charge in [-0.05, 0) is 24.3 Å². The molecule has 0 aliphatic carbocycles. The Kier molecular flexibility index (Phi) is 4.45. The van der Waals surface area contributed by atoms with Crippen LogP contribution >= 0.6 is 22.7 Å². The smallest absolute Gasteiger partial charge is 0.331 e. The van der Waals surface area contributed by atoms with Crippen molar-refractivity contribution in [2.75, 3.05) is 0 Å². The third kappa shape index (κ3) is 3.79. The molecule has 0 radical (unpaired) electrons. The van der Waals surface area contributed by atoms with Crippen molar-refractivity contribution in [2.45, 2.75) is 6.61 Å². The van der Waals surface area contributed by atoms with E-state index in [1.165, 1.54) is 29.6 Å². The number of ether oxygens (including phenoxy) is 1. The highest BCUT2D eigenvalue weighted by atomic mass is 32.1. The summed E-state index contributed by atoms with van der Waals surface area (Å²) in [6.45, 7) is 0.104. The zero-order chi connectivity index (χ0) is 16.2. The van der Waals surface area contributed by atoms with Crippen LogP contribution in [0.1, 0.15) is 9.88 Å². The second-order valence-corrected chi connectivity index (χ2v) is 6.66. The Morgan fingerprint density at radius 3 is 2.83 bits per heavy atom. The fraction of sp³-hybridized carbons (Fsp3) is 0.0667. The van der Waals surface area contributed by atoms with E-state index in [1.807, 2.05) is 24.3 Å². The van der Waals surface area contributed by atoms with Crippen molar-refractivity contribution in [1.29, 1.82) is 0 Å². The number of benzene rings is 1. The molecule has 6 nitrogen and oxygen atoms in total.